The molecule has 2 aromatic rings. The zero-order chi connectivity index (χ0) is 21.5. The van der Waals surface area contributed by atoms with Crippen molar-refractivity contribution in [3.63, 3.8) is 0 Å². The number of thioether (sulfide) groups is 2. The van der Waals surface area contributed by atoms with E-state index < -0.39 is 9.49 Å². The lowest BCUT2D eigenvalue weighted by Gasteiger charge is -2.42. The molecule has 0 aliphatic heterocycles. The Morgan fingerprint density at radius 1 is 0.667 bits per heavy atom. The van der Waals surface area contributed by atoms with E-state index in [1.54, 1.807) is 23.5 Å². The van der Waals surface area contributed by atoms with E-state index in [2.05, 4.69) is 0 Å². The van der Waals surface area contributed by atoms with E-state index in [1.807, 2.05) is 60.7 Å². The molecule has 0 N–H and O–H groups in total. The highest BCUT2D eigenvalue weighted by atomic mass is 32.2. The van der Waals surface area contributed by atoms with E-state index >= 15 is 0 Å². The molecule has 0 amide bonds. The zero-order valence-corrected chi connectivity index (χ0v) is 18.4. The van der Waals surface area contributed by atoms with Gasteiger partial charge in [-0.3, -0.25) is 20.2 Å². The van der Waals surface area contributed by atoms with Gasteiger partial charge in [-0.2, -0.15) is 0 Å². The highest BCUT2D eigenvalue weighted by molar-refractivity contribution is 8.00. The van der Waals surface area contributed by atoms with Crippen molar-refractivity contribution in [3.8, 4) is 0 Å². The van der Waals surface area contributed by atoms with Crippen molar-refractivity contribution < 1.29 is 9.85 Å². The Kier molecular flexibility index (Phi) is 7.77. The summed E-state index contributed by atoms with van der Waals surface area (Å²) in [6.07, 6.45) is 2.50. The molecule has 1 aliphatic carbocycles. The van der Waals surface area contributed by atoms with Crippen molar-refractivity contribution in [2.75, 3.05) is 13.1 Å². The maximum atomic E-state index is 11.4. The summed E-state index contributed by atoms with van der Waals surface area (Å²) in [4.78, 5) is 22.4. The van der Waals surface area contributed by atoms with Crippen LogP contribution in [0.15, 0.2) is 60.7 Å². The molecule has 2 aromatic carbocycles. The van der Waals surface area contributed by atoms with Gasteiger partial charge in [-0.25, -0.2) is 0 Å². The first-order valence-corrected chi connectivity index (χ1v) is 12.0. The van der Waals surface area contributed by atoms with Crippen molar-refractivity contribution >= 4 is 23.5 Å². The van der Waals surface area contributed by atoms with Crippen LogP contribution in [0.5, 0.6) is 0 Å². The van der Waals surface area contributed by atoms with Crippen LogP contribution in [0.2, 0.25) is 0 Å². The van der Waals surface area contributed by atoms with Crippen molar-refractivity contribution in [1.29, 1.82) is 0 Å². The molecule has 0 aromatic heterocycles. The first-order chi connectivity index (χ1) is 14.4. The number of nitro groups is 2. The molecule has 0 radical (unpaired) electrons. The van der Waals surface area contributed by atoms with Crippen molar-refractivity contribution in [2.24, 2.45) is 0 Å². The Morgan fingerprint density at radius 3 is 1.30 bits per heavy atom. The average Bonchev–Trinajstić information content (AvgIpc) is 2.74. The molecule has 0 bridgehead atoms. The molecule has 3 rings (SSSR count). The van der Waals surface area contributed by atoms with Crippen LogP contribution in [0.1, 0.15) is 36.8 Å². The molecule has 1 saturated carbocycles. The number of rotatable bonds is 10. The quantitative estimate of drug-likeness (QED) is 0.356. The molecular weight excluding hydrogens is 420 g/mol. The summed E-state index contributed by atoms with van der Waals surface area (Å²) in [5.74, 6) is 1.43. The highest BCUT2D eigenvalue weighted by Crippen LogP contribution is 2.50. The Balaban J connectivity index is 1.70. The summed E-state index contributed by atoms with van der Waals surface area (Å²) in [7, 11) is 0. The Hall–Kier alpha value is -2.06. The molecule has 0 atom stereocenters. The number of hydrogen-bond donors (Lipinski definition) is 0. The standard InChI is InChI=1S/C22H26N2O4S2/c25-23(26)17-21(29-15-19-7-3-1-4-8-19)11-13-22(14-12-21,18-24(27)28)30-16-20-9-5-2-6-10-20/h1-10H,11-18H2. The van der Waals surface area contributed by atoms with Crippen molar-refractivity contribution in [2.45, 2.75) is 46.7 Å². The van der Waals surface area contributed by atoms with Gasteiger partial charge in [-0.05, 0) is 36.8 Å². The summed E-state index contributed by atoms with van der Waals surface area (Å²) >= 11 is 3.28. The van der Waals surface area contributed by atoms with Gasteiger partial charge in [0.15, 0.2) is 0 Å². The lowest BCUT2D eigenvalue weighted by atomic mass is 9.80. The molecule has 0 saturated heterocycles. The van der Waals surface area contributed by atoms with Crippen LogP contribution < -0.4 is 0 Å². The predicted octanol–water partition coefficient (Wildman–Crippen LogP) is 5.46. The van der Waals surface area contributed by atoms with E-state index in [0.717, 1.165) is 11.1 Å². The normalized spacial score (nSPS) is 23.7. The van der Waals surface area contributed by atoms with Crippen LogP contribution in [-0.2, 0) is 11.5 Å². The highest BCUT2D eigenvalue weighted by Gasteiger charge is 2.48. The number of hydrogen-bond acceptors (Lipinski definition) is 6. The smallest absolute Gasteiger partial charge is 0.218 e. The molecule has 30 heavy (non-hydrogen) atoms. The molecule has 8 heteroatoms. The molecule has 6 nitrogen and oxygen atoms in total. The minimum atomic E-state index is -0.466. The molecule has 1 aliphatic rings. The predicted molar refractivity (Wildman–Crippen MR) is 123 cm³/mol. The molecule has 160 valence electrons. The van der Waals surface area contributed by atoms with Gasteiger partial charge in [-0.1, -0.05) is 60.7 Å². The van der Waals surface area contributed by atoms with Crippen molar-refractivity contribution in [1.82, 2.24) is 0 Å². The molecule has 0 unspecified atom stereocenters. The van der Waals surface area contributed by atoms with Gasteiger partial charge in [0, 0.05) is 21.4 Å². The Morgan fingerprint density at radius 2 is 1.00 bits per heavy atom. The Labute approximate surface area is 185 Å². The lowest BCUT2D eigenvalue weighted by molar-refractivity contribution is -0.490. The SMILES string of the molecule is O=[N+]([O-])CC1(SCc2ccccc2)CCC(C[N+](=O)[O-])(SCc2ccccc2)CC1. The van der Waals surface area contributed by atoms with E-state index in [1.165, 1.54) is 0 Å². The summed E-state index contributed by atoms with van der Waals surface area (Å²) in [6, 6.07) is 19.9. The summed E-state index contributed by atoms with van der Waals surface area (Å²) in [5.41, 5.74) is 2.29. The molecular formula is C22H26N2O4S2. The van der Waals surface area contributed by atoms with E-state index in [0.29, 0.717) is 37.2 Å². The van der Waals surface area contributed by atoms with Gasteiger partial charge in [0.1, 0.15) is 0 Å². The molecule has 0 spiro atoms. The minimum Gasteiger partial charge on any atom is -0.264 e. The van der Waals surface area contributed by atoms with Crippen LogP contribution >= 0.6 is 23.5 Å². The number of benzene rings is 2. The van der Waals surface area contributed by atoms with Gasteiger partial charge in [0.05, 0.1) is 9.49 Å². The van der Waals surface area contributed by atoms with Crippen LogP contribution in [0, 0.1) is 20.2 Å². The fourth-order valence-corrected chi connectivity index (χ4v) is 6.66. The summed E-state index contributed by atoms with van der Waals surface area (Å²) in [6.45, 7) is -0.190. The first-order valence-electron chi connectivity index (χ1n) is 10.00. The zero-order valence-electron chi connectivity index (χ0n) is 16.8. The topological polar surface area (TPSA) is 86.3 Å². The van der Waals surface area contributed by atoms with Gasteiger partial charge in [-0.15, -0.1) is 23.5 Å². The monoisotopic (exact) mass is 446 g/mol. The number of nitrogens with zero attached hydrogens (tertiary/aromatic N) is 2. The van der Waals surface area contributed by atoms with Gasteiger partial charge in [0.25, 0.3) is 0 Å². The Bertz CT molecular complexity index is 769. The van der Waals surface area contributed by atoms with E-state index in [-0.39, 0.29) is 22.9 Å². The van der Waals surface area contributed by atoms with Crippen LogP contribution in [0.4, 0.5) is 0 Å². The van der Waals surface area contributed by atoms with Crippen LogP contribution in [0.3, 0.4) is 0 Å². The summed E-state index contributed by atoms with van der Waals surface area (Å²) in [5, 5.41) is 22.8. The fraction of sp³-hybridized carbons (Fsp3) is 0.455. The van der Waals surface area contributed by atoms with E-state index in [9.17, 15) is 20.2 Å². The van der Waals surface area contributed by atoms with Gasteiger partial charge >= 0.3 is 0 Å². The van der Waals surface area contributed by atoms with Crippen molar-refractivity contribution in [3.05, 3.63) is 92.0 Å². The average molecular weight is 447 g/mol. The van der Waals surface area contributed by atoms with Crippen LogP contribution in [-0.4, -0.2) is 32.4 Å². The van der Waals surface area contributed by atoms with Gasteiger partial charge in [0.2, 0.25) is 13.1 Å². The van der Waals surface area contributed by atoms with Gasteiger partial charge < -0.3 is 0 Å². The first kappa shape index (κ1) is 22.6. The largest absolute Gasteiger partial charge is 0.264 e. The second-order valence-corrected chi connectivity index (χ2v) is 10.8. The fourth-order valence-electron chi connectivity index (χ4n) is 3.95. The third-order valence-electron chi connectivity index (χ3n) is 5.68. The van der Waals surface area contributed by atoms with E-state index in [4.69, 9.17) is 0 Å². The molecule has 0 heterocycles. The third-order valence-corrected chi connectivity index (χ3v) is 8.94. The second-order valence-electron chi connectivity index (χ2n) is 7.90. The molecule has 1 fully saturated rings. The maximum absolute atomic E-state index is 11.4. The van der Waals surface area contributed by atoms with Crippen LogP contribution in [0.25, 0.3) is 0 Å². The second kappa shape index (κ2) is 10.3. The minimum absolute atomic E-state index is 0.0948. The summed E-state index contributed by atoms with van der Waals surface area (Å²) < 4.78 is -0.931. The maximum Gasteiger partial charge on any atom is 0.218 e. The lowest BCUT2D eigenvalue weighted by Crippen LogP contribution is -2.46. The third kappa shape index (κ3) is 6.47.